The summed E-state index contributed by atoms with van der Waals surface area (Å²) < 4.78 is 5.32. The number of allylic oxidation sites excluding steroid dienone is 1. The summed E-state index contributed by atoms with van der Waals surface area (Å²) in [7, 11) is 0. The molecule has 154 valence electrons. The van der Waals surface area contributed by atoms with Crippen LogP contribution in [0.4, 0.5) is 0 Å². The van der Waals surface area contributed by atoms with Crippen molar-refractivity contribution in [2.75, 3.05) is 6.61 Å². The van der Waals surface area contributed by atoms with Crippen LogP contribution in [0.1, 0.15) is 31.7 Å². The van der Waals surface area contributed by atoms with Gasteiger partial charge < -0.3 is 9.84 Å². The van der Waals surface area contributed by atoms with Gasteiger partial charge in [0, 0.05) is 18.0 Å². The van der Waals surface area contributed by atoms with E-state index in [0.717, 1.165) is 36.0 Å². The number of aromatic nitrogens is 2. The molecule has 0 aliphatic rings. The van der Waals surface area contributed by atoms with Crippen LogP contribution in [-0.2, 0) is 0 Å². The predicted molar refractivity (Wildman–Crippen MR) is 123 cm³/mol. The summed E-state index contributed by atoms with van der Waals surface area (Å²) >= 11 is 0. The highest BCUT2D eigenvalue weighted by Crippen LogP contribution is 2.25. The van der Waals surface area contributed by atoms with E-state index in [1.165, 1.54) is 11.1 Å². The summed E-state index contributed by atoms with van der Waals surface area (Å²) in [5, 5.41) is 9.29. The zero-order valence-corrected chi connectivity index (χ0v) is 17.4. The van der Waals surface area contributed by atoms with Crippen molar-refractivity contribution in [3.05, 3.63) is 85.2 Å². The number of nitrogens with zero attached hydrogens (tertiary/aromatic N) is 2. The number of benzene rings is 2. The Kier molecular flexibility index (Phi) is 7.93. The highest BCUT2D eigenvalue weighted by atomic mass is 16.5. The Morgan fingerprint density at radius 2 is 1.50 bits per heavy atom. The van der Waals surface area contributed by atoms with Crippen LogP contribution < -0.4 is 4.74 Å². The topological polar surface area (TPSA) is 55.2 Å². The van der Waals surface area contributed by atoms with Crippen LogP contribution in [0, 0.1) is 0 Å². The fourth-order valence-electron chi connectivity index (χ4n) is 3.07. The van der Waals surface area contributed by atoms with Crippen molar-refractivity contribution in [1.29, 1.82) is 0 Å². The number of aliphatic hydroxyl groups is 1. The SMILES string of the molecule is C=CCOc1ncc(-c2ccc(-c3ccc(C=CCCCC(C)O)cc3)cc2)cn1. The lowest BCUT2D eigenvalue weighted by Gasteiger charge is -2.06. The lowest BCUT2D eigenvalue weighted by molar-refractivity contribution is 0.182. The van der Waals surface area contributed by atoms with Crippen LogP contribution in [0.5, 0.6) is 6.01 Å². The number of hydrogen-bond donors (Lipinski definition) is 1. The van der Waals surface area contributed by atoms with Crippen LogP contribution in [0.25, 0.3) is 28.3 Å². The standard InChI is InChI=1S/C26H28N2O2/c1-3-17-30-26-27-18-25(19-28-26)24-15-13-23(14-16-24)22-11-9-21(10-12-22)8-6-4-5-7-20(2)29/h3,6,8-16,18-20,29H,1,4-5,7,17H2,2H3. The molecule has 0 radical (unpaired) electrons. The van der Waals surface area contributed by atoms with Crippen molar-refractivity contribution in [2.45, 2.75) is 32.3 Å². The third-order valence-electron chi connectivity index (χ3n) is 4.72. The summed E-state index contributed by atoms with van der Waals surface area (Å²) in [6, 6.07) is 17.3. The largest absolute Gasteiger partial charge is 0.459 e. The molecule has 2 aromatic carbocycles. The first-order valence-electron chi connectivity index (χ1n) is 10.3. The highest BCUT2D eigenvalue weighted by molar-refractivity contribution is 5.70. The number of aliphatic hydroxyl groups excluding tert-OH is 1. The Bertz CT molecular complexity index is 944. The zero-order chi connectivity index (χ0) is 21.2. The molecule has 0 saturated heterocycles. The Hall–Kier alpha value is -3.24. The van der Waals surface area contributed by atoms with E-state index in [9.17, 15) is 5.11 Å². The smallest absolute Gasteiger partial charge is 0.316 e. The Balaban J connectivity index is 1.60. The van der Waals surface area contributed by atoms with Gasteiger partial charge in [-0.1, -0.05) is 73.3 Å². The van der Waals surface area contributed by atoms with Crippen LogP contribution in [0.15, 0.2) is 79.7 Å². The van der Waals surface area contributed by atoms with E-state index in [0.29, 0.717) is 12.6 Å². The van der Waals surface area contributed by atoms with Gasteiger partial charge in [0.2, 0.25) is 0 Å². The maximum Gasteiger partial charge on any atom is 0.316 e. The quantitative estimate of drug-likeness (QED) is 0.338. The molecule has 0 aliphatic heterocycles. The van der Waals surface area contributed by atoms with Gasteiger partial charge in [0.1, 0.15) is 6.61 Å². The summed E-state index contributed by atoms with van der Waals surface area (Å²) in [5.41, 5.74) is 5.54. The molecular formula is C26H28N2O2. The molecule has 1 N–H and O–H groups in total. The average molecular weight is 401 g/mol. The van der Waals surface area contributed by atoms with Gasteiger partial charge in [-0.2, -0.15) is 0 Å². The molecule has 1 atom stereocenters. The van der Waals surface area contributed by atoms with Gasteiger partial charge >= 0.3 is 6.01 Å². The van der Waals surface area contributed by atoms with Crippen LogP contribution in [0.3, 0.4) is 0 Å². The Morgan fingerprint density at radius 1 is 0.933 bits per heavy atom. The predicted octanol–water partition coefficient (Wildman–Crippen LogP) is 5.94. The van der Waals surface area contributed by atoms with Crippen LogP contribution in [0.2, 0.25) is 0 Å². The van der Waals surface area contributed by atoms with Crippen LogP contribution in [-0.4, -0.2) is 27.8 Å². The van der Waals surface area contributed by atoms with Gasteiger partial charge in [0.15, 0.2) is 0 Å². The van der Waals surface area contributed by atoms with E-state index < -0.39 is 0 Å². The van der Waals surface area contributed by atoms with Crippen molar-refractivity contribution >= 4 is 6.08 Å². The molecule has 0 spiro atoms. The molecule has 0 saturated carbocycles. The molecule has 3 aromatic rings. The van der Waals surface area contributed by atoms with E-state index in [1.54, 1.807) is 18.5 Å². The van der Waals surface area contributed by atoms with Crippen LogP contribution >= 0.6 is 0 Å². The molecule has 0 aliphatic carbocycles. The van der Waals surface area contributed by atoms with E-state index in [2.05, 4.69) is 77.2 Å². The summed E-state index contributed by atoms with van der Waals surface area (Å²) in [4.78, 5) is 8.45. The molecule has 0 amide bonds. The molecular weight excluding hydrogens is 372 g/mol. The van der Waals surface area contributed by atoms with Crippen molar-refractivity contribution in [2.24, 2.45) is 0 Å². The van der Waals surface area contributed by atoms with E-state index in [-0.39, 0.29) is 6.10 Å². The molecule has 4 heteroatoms. The van der Waals surface area contributed by atoms with Crippen molar-refractivity contribution in [1.82, 2.24) is 9.97 Å². The monoisotopic (exact) mass is 400 g/mol. The van der Waals surface area contributed by atoms with E-state index >= 15 is 0 Å². The minimum atomic E-state index is -0.215. The number of rotatable bonds is 10. The zero-order valence-electron chi connectivity index (χ0n) is 17.4. The maximum atomic E-state index is 9.29. The molecule has 4 nitrogen and oxygen atoms in total. The first kappa shape index (κ1) is 21.5. The van der Waals surface area contributed by atoms with E-state index in [4.69, 9.17) is 4.74 Å². The summed E-state index contributed by atoms with van der Waals surface area (Å²) in [6.07, 6.45) is 12.1. The molecule has 3 rings (SSSR count). The first-order valence-corrected chi connectivity index (χ1v) is 10.3. The summed E-state index contributed by atoms with van der Waals surface area (Å²) in [5.74, 6) is 0. The highest BCUT2D eigenvalue weighted by Gasteiger charge is 2.03. The molecule has 1 unspecified atom stereocenters. The molecule has 1 heterocycles. The Morgan fingerprint density at radius 3 is 2.07 bits per heavy atom. The van der Waals surface area contributed by atoms with Gasteiger partial charge in [-0.05, 0) is 48.4 Å². The molecule has 1 aromatic heterocycles. The minimum absolute atomic E-state index is 0.215. The average Bonchev–Trinajstić information content (AvgIpc) is 2.78. The van der Waals surface area contributed by atoms with Gasteiger partial charge in [0.05, 0.1) is 6.10 Å². The molecule has 0 bridgehead atoms. The third kappa shape index (κ3) is 6.39. The first-order chi connectivity index (χ1) is 14.7. The van der Waals surface area contributed by atoms with E-state index in [1.807, 2.05) is 6.92 Å². The van der Waals surface area contributed by atoms with Gasteiger partial charge in [0.25, 0.3) is 0 Å². The van der Waals surface area contributed by atoms with Gasteiger partial charge in [-0.25, -0.2) is 9.97 Å². The molecule has 0 fully saturated rings. The fourth-order valence-corrected chi connectivity index (χ4v) is 3.07. The fraction of sp³-hybridized carbons (Fsp3) is 0.231. The van der Waals surface area contributed by atoms with Gasteiger partial charge in [-0.3, -0.25) is 0 Å². The lowest BCUT2D eigenvalue weighted by atomic mass is 10.0. The lowest BCUT2D eigenvalue weighted by Crippen LogP contribution is -1.97. The molecule has 30 heavy (non-hydrogen) atoms. The number of unbranched alkanes of at least 4 members (excludes halogenated alkanes) is 1. The maximum absolute atomic E-state index is 9.29. The second-order valence-electron chi connectivity index (χ2n) is 7.24. The normalized spacial score (nSPS) is 12.1. The summed E-state index contributed by atoms with van der Waals surface area (Å²) in [6.45, 7) is 5.84. The van der Waals surface area contributed by atoms with Crippen molar-refractivity contribution in [3.8, 4) is 28.3 Å². The number of ether oxygens (including phenoxy) is 1. The van der Waals surface area contributed by atoms with Crippen molar-refractivity contribution < 1.29 is 9.84 Å². The second-order valence-corrected chi connectivity index (χ2v) is 7.24. The van der Waals surface area contributed by atoms with Gasteiger partial charge in [-0.15, -0.1) is 0 Å². The minimum Gasteiger partial charge on any atom is -0.459 e. The second kappa shape index (κ2) is 11.1. The number of hydrogen-bond acceptors (Lipinski definition) is 4. The Labute approximate surface area is 178 Å². The van der Waals surface area contributed by atoms with Crippen molar-refractivity contribution in [3.63, 3.8) is 0 Å². The third-order valence-corrected chi connectivity index (χ3v) is 4.72.